The molecule has 4 aromatic rings. The average molecular weight is 1200 g/mol. The van der Waals surface area contributed by atoms with Crippen LogP contribution in [-0.4, -0.2) is 197 Å². The van der Waals surface area contributed by atoms with Crippen molar-refractivity contribution in [1.82, 2.24) is 57.8 Å². The number of aliphatic carboxylic acids is 3. The zero-order valence-corrected chi connectivity index (χ0v) is 46.2. The Bertz CT molecular complexity index is 3060. The minimum atomic E-state index is -2.23. The quantitative estimate of drug-likeness (QED) is 0.0198. The summed E-state index contributed by atoms with van der Waals surface area (Å²) >= 11 is 7.90. The number of carboxylic acids is 3. The number of carbonyl (C=O) groups excluding carboxylic acids is 10. The third-order valence-corrected chi connectivity index (χ3v) is 13.2. The summed E-state index contributed by atoms with van der Waals surface area (Å²) in [7, 11) is 0. The van der Waals surface area contributed by atoms with E-state index >= 15 is 0 Å². The second-order valence-electron chi connectivity index (χ2n) is 18.9. The number of nitrogens with two attached hydrogens (primary N) is 2. The number of hydrogen-bond donors (Lipinski definition) is 20. The van der Waals surface area contributed by atoms with Crippen molar-refractivity contribution in [2.75, 3.05) is 18.1 Å². The van der Waals surface area contributed by atoms with Gasteiger partial charge in [-0.2, -0.15) is 25.3 Å². The Morgan fingerprint density at radius 2 is 0.880 bits per heavy atom. The number of aromatic amines is 2. The van der Waals surface area contributed by atoms with Gasteiger partial charge >= 0.3 is 17.9 Å². The highest BCUT2D eigenvalue weighted by Crippen LogP contribution is 2.21. The van der Waals surface area contributed by atoms with E-state index < -0.39 is 182 Å². The molecule has 0 aliphatic rings. The first-order valence-electron chi connectivity index (χ1n) is 25.2. The molecule has 0 spiro atoms. The minimum absolute atomic E-state index is 0.0802. The lowest BCUT2D eigenvalue weighted by atomic mass is 10.0. The molecule has 4 rings (SSSR count). The highest BCUT2D eigenvalue weighted by Gasteiger charge is 2.38. The van der Waals surface area contributed by atoms with Gasteiger partial charge in [0.25, 0.3) is 0 Å². The summed E-state index contributed by atoms with van der Waals surface area (Å²) in [5.74, 6) is -17.5. The van der Waals surface area contributed by atoms with E-state index in [1.54, 1.807) is 54.7 Å². The molecule has 2 aromatic heterocycles. The largest absolute Gasteiger partial charge is 0.481 e. The van der Waals surface area contributed by atoms with Crippen molar-refractivity contribution in [3.63, 3.8) is 0 Å². The Morgan fingerprint density at radius 3 is 1.30 bits per heavy atom. The van der Waals surface area contributed by atoms with Crippen LogP contribution >= 0.6 is 25.3 Å². The molecule has 0 saturated carbocycles. The SMILES string of the molecule is C[C@@H](O)[C@H](NC(=O)[C@H](Cc1c[nH]c2ccccc12)NC(=O)[C@H](CC(=O)O)NC(=O)[C@H](CC(=O)O)NC(=O)[C@@H](NC(=O)[C@H](CC(N)=O)NC(=O)CNC(=O)[C@H](Cc1c[nH]c2ccccc12)NC(=O)[C@@H](N)CS)[C@@H](C)O)C(=O)N[C@@H](CS)C(=O)O. The molecular weight excluding hydrogens is 1130 g/mol. The molecule has 20 N–H and O–H groups in total. The van der Waals surface area contributed by atoms with Gasteiger partial charge in [0.1, 0.15) is 48.3 Å². The molecule has 10 amide bonds. The number of primary amides is 1. The maximum atomic E-state index is 14.0. The average Bonchev–Trinajstić information content (AvgIpc) is 4.14. The number of para-hydroxylation sites is 2. The van der Waals surface area contributed by atoms with Crippen molar-refractivity contribution in [3.05, 3.63) is 72.1 Å². The van der Waals surface area contributed by atoms with Crippen LogP contribution in [0.25, 0.3) is 21.8 Å². The van der Waals surface area contributed by atoms with Crippen LogP contribution in [0.4, 0.5) is 0 Å². The molecule has 0 bridgehead atoms. The lowest BCUT2D eigenvalue weighted by Crippen LogP contribution is -2.62. The van der Waals surface area contributed by atoms with Crippen molar-refractivity contribution in [3.8, 4) is 0 Å². The number of benzene rings is 2. The standard InChI is InChI=1S/C50H65N13O18S2/c1-21(64)40(63-47(77)32(13-36(52)66)56-37(67)18-55-43(73)30(57-42(72)27(51)19-82)11-23-16-53-28-9-5-3-7-25(23)28)48(78)60-34(15-39(70)71)45(75)59-33(14-38(68)69)44(74)58-31(12-24-17-54-29-10-6-4-8-26(24)29)46(76)62-41(22(2)65)49(79)61-35(20-83)50(80)81/h3-10,16-17,21-22,27,30-35,40-41,53-54,64-65,82-83H,11-15,18-20,51H2,1-2H3,(H2,52,66)(H,55,73)(H,56,67)(H,57,72)(H,58,74)(H,59,75)(H,60,78)(H,61,79)(H,62,76)(H,63,77)(H,68,69)(H,70,71)(H,80,81)/t21-,22-,27+,30+,31+,32+,33+,34+,35+,40+,41+/m1/s1. The number of H-pyrrole nitrogens is 2. The first-order valence-corrected chi connectivity index (χ1v) is 26.5. The molecule has 11 atom stereocenters. The fourth-order valence-corrected chi connectivity index (χ4v) is 8.52. The summed E-state index contributed by atoms with van der Waals surface area (Å²) in [5, 5.41) is 71.2. The Kier molecular flexibility index (Phi) is 25.3. The van der Waals surface area contributed by atoms with Gasteiger partial charge in [-0.3, -0.25) is 57.5 Å². The summed E-state index contributed by atoms with van der Waals surface area (Å²) < 4.78 is 0. The van der Waals surface area contributed by atoms with Crippen LogP contribution in [0, 0.1) is 0 Å². The van der Waals surface area contributed by atoms with Gasteiger partial charge in [-0.25, -0.2) is 4.79 Å². The van der Waals surface area contributed by atoms with Crippen LogP contribution in [0.15, 0.2) is 60.9 Å². The van der Waals surface area contributed by atoms with Crippen molar-refractivity contribution >= 4 is 124 Å². The van der Waals surface area contributed by atoms with E-state index in [1.165, 1.54) is 6.20 Å². The van der Waals surface area contributed by atoms with Crippen molar-refractivity contribution in [1.29, 1.82) is 0 Å². The first-order chi connectivity index (χ1) is 39.1. The van der Waals surface area contributed by atoms with Gasteiger partial charge in [-0.05, 0) is 37.1 Å². The Balaban J connectivity index is 1.52. The number of nitrogens with one attached hydrogen (secondary N) is 11. The topological polar surface area (TPSA) is 515 Å². The number of carboxylic acid groups (broad SMARTS) is 3. The smallest absolute Gasteiger partial charge is 0.327 e. The van der Waals surface area contributed by atoms with Gasteiger partial charge in [-0.1, -0.05) is 36.4 Å². The van der Waals surface area contributed by atoms with Gasteiger partial charge in [0.2, 0.25) is 59.1 Å². The summed E-state index contributed by atoms with van der Waals surface area (Å²) in [6.45, 7) is 1.17. The first kappa shape index (κ1) is 66.7. The maximum Gasteiger partial charge on any atom is 0.327 e. The third-order valence-electron chi connectivity index (χ3n) is 12.4. The van der Waals surface area contributed by atoms with E-state index in [4.69, 9.17) is 11.5 Å². The molecule has 33 heteroatoms. The van der Waals surface area contributed by atoms with E-state index in [9.17, 15) is 87.9 Å². The number of aromatic nitrogens is 2. The fraction of sp³-hybridized carbons (Fsp3) is 0.420. The van der Waals surface area contributed by atoms with Crippen molar-refractivity contribution < 1.29 is 87.9 Å². The van der Waals surface area contributed by atoms with E-state index in [-0.39, 0.29) is 12.2 Å². The zero-order valence-electron chi connectivity index (χ0n) is 44.4. The van der Waals surface area contributed by atoms with Crippen molar-refractivity contribution in [2.24, 2.45) is 11.5 Å². The van der Waals surface area contributed by atoms with Gasteiger partial charge in [-0.15, -0.1) is 0 Å². The monoisotopic (exact) mass is 1200 g/mol. The number of carbonyl (C=O) groups is 13. The van der Waals surface area contributed by atoms with Crippen molar-refractivity contribution in [2.45, 2.75) is 113 Å². The van der Waals surface area contributed by atoms with E-state index in [0.29, 0.717) is 22.0 Å². The lowest BCUT2D eigenvalue weighted by Gasteiger charge is -2.28. The molecular formula is C50H65N13O18S2. The van der Waals surface area contributed by atoms with Crippen LogP contribution in [0.2, 0.25) is 0 Å². The van der Waals surface area contributed by atoms with Gasteiger partial charge in [0.15, 0.2) is 0 Å². The maximum absolute atomic E-state index is 14.0. The molecule has 0 aliphatic heterocycles. The molecule has 31 nitrogen and oxygen atoms in total. The Hall–Kier alpha value is -8.79. The van der Waals surface area contributed by atoms with Crippen LogP contribution in [0.5, 0.6) is 0 Å². The predicted octanol–water partition coefficient (Wildman–Crippen LogP) is -5.71. The molecule has 0 fully saturated rings. The summed E-state index contributed by atoms with van der Waals surface area (Å²) in [5.41, 5.74) is 13.4. The normalized spacial score (nSPS) is 15.1. The molecule has 2 aromatic carbocycles. The number of hydrogen-bond acceptors (Lipinski definition) is 18. The molecule has 0 saturated heterocycles. The van der Waals surface area contributed by atoms with Crippen LogP contribution in [0.1, 0.15) is 44.2 Å². The molecule has 83 heavy (non-hydrogen) atoms. The summed E-state index contributed by atoms with van der Waals surface area (Å²) in [6.07, 6.45) is -4.48. The minimum Gasteiger partial charge on any atom is -0.481 e. The zero-order chi connectivity index (χ0) is 61.8. The van der Waals surface area contributed by atoms with E-state index in [1.807, 2.05) is 10.6 Å². The van der Waals surface area contributed by atoms with Crippen LogP contribution < -0.4 is 59.3 Å². The van der Waals surface area contributed by atoms with Gasteiger partial charge < -0.3 is 94.8 Å². The summed E-state index contributed by atoms with van der Waals surface area (Å²) in [4.78, 5) is 176. The number of fused-ring (bicyclic) bond motifs is 2. The highest BCUT2D eigenvalue weighted by atomic mass is 32.1. The lowest BCUT2D eigenvalue weighted by molar-refractivity contribution is -0.144. The van der Waals surface area contributed by atoms with E-state index in [0.717, 1.165) is 24.8 Å². The predicted molar refractivity (Wildman–Crippen MR) is 297 cm³/mol. The molecule has 0 radical (unpaired) electrons. The third kappa shape index (κ3) is 20.0. The van der Waals surface area contributed by atoms with Crippen LogP contribution in [-0.2, 0) is 75.2 Å². The fourth-order valence-electron chi connectivity index (χ4n) is 8.11. The number of thiol groups is 2. The van der Waals surface area contributed by atoms with E-state index in [2.05, 4.69) is 72.4 Å². The van der Waals surface area contributed by atoms with Gasteiger partial charge in [0, 0.05) is 58.5 Å². The number of aliphatic hydroxyl groups excluding tert-OH is 2. The second-order valence-corrected chi connectivity index (χ2v) is 19.6. The number of rotatable bonds is 33. The second kappa shape index (κ2) is 31.4. The Labute approximate surface area is 482 Å². The molecule has 450 valence electrons. The highest BCUT2D eigenvalue weighted by molar-refractivity contribution is 7.80. The molecule has 0 aliphatic carbocycles. The molecule has 2 heterocycles. The Morgan fingerprint density at radius 1 is 0.494 bits per heavy atom. The van der Waals surface area contributed by atoms with Crippen LogP contribution in [0.3, 0.4) is 0 Å². The van der Waals surface area contributed by atoms with Gasteiger partial charge in [0.05, 0.1) is 44.1 Å². The molecule has 0 unspecified atom stereocenters. The number of amides is 10. The summed E-state index contributed by atoms with van der Waals surface area (Å²) in [6, 6.07) is -2.35. The number of aliphatic hydroxyl groups is 2.